The van der Waals surface area contributed by atoms with Gasteiger partial charge >= 0.3 is 0 Å². The van der Waals surface area contributed by atoms with Crippen LogP contribution >= 0.6 is 0 Å². The molecule has 0 aromatic heterocycles. The van der Waals surface area contributed by atoms with Crippen molar-refractivity contribution in [1.82, 2.24) is 5.32 Å². The van der Waals surface area contributed by atoms with Gasteiger partial charge in [0.05, 0.1) is 12.8 Å². The van der Waals surface area contributed by atoms with Gasteiger partial charge in [0.1, 0.15) is 11.8 Å². The van der Waals surface area contributed by atoms with E-state index in [9.17, 15) is 9.59 Å². The number of hydrogen-bond donors (Lipinski definition) is 2. The third-order valence-electron chi connectivity index (χ3n) is 4.95. The number of rotatable bonds is 6. The molecule has 0 bridgehead atoms. The van der Waals surface area contributed by atoms with Crippen molar-refractivity contribution in [3.05, 3.63) is 59.2 Å². The number of aryl methyl sites for hydroxylation is 1. The van der Waals surface area contributed by atoms with Gasteiger partial charge in [0.15, 0.2) is 0 Å². The van der Waals surface area contributed by atoms with Gasteiger partial charge in [-0.25, -0.2) is 0 Å². The summed E-state index contributed by atoms with van der Waals surface area (Å²) >= 11 is 0. The number of nitrogens with one attached hydrogen (secondary N) is 2. The van der Waals surface area contributed by atoms with E-state index in [-0.39, 0.29) is 23.1 Å². The van der Waals surface area contributed by atoms with Crippen LogP contribution in [0.1, 0.15) is 56.1 Å². The van der Waals surface area contributed by atoms with Crippen LogP contribution in [0.4, 0.5) is 5.69 Å². The fraction of sp³-hybridized carbons (Fsp3) is 0.417. The Kier molecular flexibility index (Phi) is 7.07. The Bertz CT molecular complexity index is 882. The van der Waals surface area contributed by atoms with Crippen LogP contribution in [0.25, 0.3) is 0 Å². The van der Waals surface area contributed by atoms with Crippen molar-refractivity contribution in [2.75, 3.05) is 12.4 Å². The van der Waals surface area contributed by atoms with E-state index in [0.29, 0.717) is 17.0 Å². The maximum atomic E-state index is 13.1. The van der Waals surface area contributed by atoms with Crippen LogP contribution in [-0.2, 0) is 10.2 Å². The molecule has 0 spiro atoms. The van der Waals surface area contributed by atoms with Crippen LogP contribution in [-0.4, -0.2) is 25.0 Å². The molecule has 0 radical (unpaired) electrons. The maximum Gasteiger partial charge on any atom is 0.252 e. The summed E-state index contributed by atoms with van der Waals surface area (Å²) in [6.45, 7) is 12.0. The lowest BCUT2D eigenvalue weighted by Crippen LogP contribution is -2.47. The summed E-state index contributed by atoms with van der Waals surface area (Å²) in [4.78, 5) is 25.8. The molecule has 2 N–H and O–H groups in total. The Morgan fingerprint density at radius 3 is 2.24 bits per heavy atom. The Labute approximate surface area is 173 Å². The van der Waals surface area contributed by atoms with Gasteiger partial charge in [-0.05, 0) is 47.6 Å². The first-order valence-corrected chi connectivity index (χ1v) is 9.90. The summed E-state index contributed by atoms with van der Waals surface area (Å²) in [5.41, 5.74) is 3.05. The lowest BCUT2D eigenvalue weighted by Gasteiger charge is -2.24. The molecule has 2 rings (SSSR count). The Morgan fingerprint density at radius 2 is 1.69 bits per heavy atom. The number of methoxy groups -OCH3 is 1. The molecule has 0 aliphatic heterocycles. The van der Waals surface area contributed by atoms with E-state index >= 15 is 0 Å². The van der Waals surface area contributed by atoms with E-state index in [4.69, 9.17) is 4.74 Å². The predicted octanol–water partition coefficient (Wildman–Crippen LogP) is 4.69. The molecule has 0 saturated heterocycles. The average Bonchev–Trinajstić information content (AvgIpc) is 2.65. The number of anilines is 1. The molecule has 2 aromatic rings. The molecular formula is C24H32N2O3. The molecule has 2 amide bonds. The molecule has 0 aliphatic rings. The van der Waals surface area contributed by atoms with Crippen LogP contribution in [0.2, 0.25) is 0 Å². The topological polar surface area (TPSA) is 67.4 Å². The normalized spacial score (nSPS) is 12.4. The van der Waals surface area contributed by atoms with Gasteiger partial charge in [-0.3, -0.25) is 9.59 Å². The van der Waals surface area contributed by atoms with E-state index in [2.05, 4.69) is 31.4 Å². The number of hydrogen-bond acceptors (Lipinski definition) is 3. The van der Waals surface area contributed by atoms with Crippen molar-refractivity contribution < 1.29 is 14.3 Å². The SMILES string of the molecule is COc1ccc(C(C)(C)C)cc1NC(=O)[C@@H](NC(=O)c1ccccc1C)C(C)C. The number of amides is 2. The van der Waals surface area contributed by atoms with E-state index in [0.717, 1.165) is 11.1 Å². The quantitative estimate of drug-likeness (QED) is 0.744. The summed E-state index contributed by atoms with van der Waals surface area (Å²) in [7, 11) is 1.57. The molecule has 5 nitrogen and oxygen atoms in total. The zero-order chi connectivity index (χ0) is 21.8. The van der Waals surface area contributed by atoms with Gasteiger partial charge in [-0.15, -0.1) is 0 Å². The van der Waals surface area contributed by atoms with Gasteiger partial charge in [-0.1, -0.05) is 58.9 Å². The molecule has 0 heterocycles. The second kappa shape index (κ2) is 9.12. The van der Waals surface area contributed by atoms with Crippen molar-refractivity contribution in [1.29, 1.82) is 0 Å². The number of carbonyl (C=O) groups is 2. The molecule has 0 saturated carbocycles. The van der Waals surface area contributed by atoms with Gasteiger partial charge in [-0.2, -0.15) is 0 Å². The lowest BCUT2D eigenvalue weighted by molar-refractivity contribution is -0.118. The van der Waals surface area contributed by atoms with E-state index in [1.807, 2.05) is 57.2 Å². The van der Waals surface area contributed by atoms with Gasteiger partial charge < -0.3 is 15.4 Å². The van der Waals surface area contributed by atoms with Crippen LogP contribution in [0.3, 0.4) is 0 Å². The zero-order valence-corrected chi connectivity index (χ0v) is 18.4. The molecule has 5 heteroatoms. The van der Waals surface area contributed by atoms with E-state index < -0.39 is 6.04 Å². The smallest absolute Gasteiger partial charge is 0.252 e. The minimum absolute atomic E-state index is 0.0672. The first-order valence-electron chi connectivity index (χ1n) is 9.90. The monoisotopic (exact) mass is 396 g/mol. The number of carbonyl (C=O) groups excluding carboxylic acids is 2. The number of ether oxygens (including phenoxy) is 1. The minimum atomic E-state index is -0.676. The number of benzene rings is 2. The van der Waals surface area contributed by atoms with E-state index in [1.54, 1.807) is 13.2 Å². The van der Waals surface area contributed by atoms with Crippen LogP contribution in [0, 0.1) is 12.8 Å². The molecule has 0 fully saturated rings. The van der Waals surface area contributed by atoms with Crippen molar-refractivity contribution in [2.45, 2.75) is 53.0 Å². The van der Waals surface area contributed by atoms with E-state index in [1.165, 1.54) is 0 Å². The van der Waals surface area contributed by atoms with Gasteiger partial charge in [0.2, 0.25) is 5.91 Å². The van der Waals surface area contributed by atoms with Crippen LogP contribution < -0.4 is 15.4 Å². The molecule has 1 atom stereocenters. The summed E-state index contributed by atoms with van der Waals surface area (Å²) in [5.74, 6) is -0.0301. The van der Waals surface area contributed by atoms with Crippen LogP contribution in [0.15, 0.2) is 42.5 Å². The summed E-state index contributed by atoms with van der Waals surface area (Å²) in [5, 5.41) is 5.83. The highest BCUT2D eigenvalue weighted by Gasteiger charge is 2.26. The molecular weight excluding hydrogens is 364 g/mol. The third kappa shape index (κ3) is 5.59. The fourth-order valence-electron chi connectivity index (χ4n) is 3.06. The van der Waals surface area contributed by atoms with Crippen LogP contribution in [0.5, 0.6) is 5.75 Å². The Hall–Kier alpha value is -2.82. The first kappa shape index (κ1) is 22.5. The Morgan fingerprint density at radius 1 is 1.03 bits per heavy atom. The van der Waals surface area contributed by atoms with Crippen molar-refractivity contribution >= 4 is 17.5 Å². The minimum Gasteiger partial charge on any atom is -0.495 e. The fourth-order valence-corrected chi connectivity index (χ4v) is 3.06. The summed E-state index contributed by atoms with van der Waals surface area (Å²) in [6.07, 6.45) is 0. The largest absolute Gasteiger partial charge is 0.495 e. The predicted molar refractivity (Wildman–Crippen MR) is 118 cm³/mol. The average molecular weight is 397 g/mol. The van der Waals surface area contributed by atoms with Crippen molar-refractivity contribution in [3.8, 4) is 5.75 Å². The Balaban J connectivity index is 2.26. The van der Waals surface area contributed by atoms with Gasteiger partial charge in [0.25, 0.3) is 5.91 Å². The zero-order valence-electron chi connectivity index (χ0n) is 18.4. The van der Waals surface area contributed by atoms with Crippen molar-refractivity contribution in [3.63, 3.8) is 0 Å². The summed E-state index contributed by atoms with van der Waals surface area (Å²) < 4.78 is 5.42. The standard InChI is InChI=1S/C24H32N2O3/c1-15(2)21(26-22(27)18-11-9-8-10-16(18)3)23(28)25-19-14-17(24(4,5)6)12-13-20(19)29-7/h8-15,21H,1-7H3,(H,25,28)(H,26,27)/t21-/m0/s1. The summed E-state index contributed by atoms with van der Waals surface area (Å²) in [6, 6.07) is 12.4. The first-order chi connectivity index (χ1) is 13.5. The second-order valence-corrected chi connectivity index (χ2v) is 8.66. The molecule has 0 unspecified atom stereocenters. The maximum absolute atomic E-state index is 13.1. The van der Waals surface area contributed by atoms with Gasteiger partial charge in [0, 0.05) is 5.56 Å². The second-order valence-electron chi connectivity index (χ2n) is 8.66. The highest BCUT2D eigenvalue weighted by Crippen LogP contribution is 2.31. The highest BCUT2D eigenvalue weighted by atomic mass is 16.5. The third-order valence-corrected chi connectivity index (χ3v) is 4.95. The molecule has 156 valence electrons. The molecule has 0 aliphatic carbocycles. The lowest BCUT2D eigenvalue weighted by atomic mass is 9.86. The highest BCUT2D eigenvalue weighted by molar-refractivity contribution is 6.02. The molecule has 29 heavy (non-hydrogen) atoms. The van der Waals surface area contributed by atoms with Crippen molar-refractivity contribution in [2.24, 2.45) is 5.92 Å². The molecule has 2 aromatic carbocycles.